The SMILES string of the molecule is CC(Oc1ccc(C(C)C)cc1)C(=O)NC1CCN(C(=O)N(C)C)CC1. The number of carbonyl (C=O) groups is 2. The van der Waals surface area contributed by atoms with Crippen LogP contribution in [0.4, 0.5) is 4.79 Å². The zero-order chi connectivity index (χ0) is 19.3. The first-order valence-electron chi connectivity index (χ1n) is 9.31. The van der Waals surface area contributed by atoms with Gasteiger partial charge in [0.2, 0.25) is 0 Å². The first-order valence-corrected chi connectivity index (χ1v) is 9.31. The van der Waals surface area contributed by atoms with Crippen LogP contribution < -0.4 is 10.1 Å². The molecule has 0 aromatic heterocycles. The molecule has 0 saturated carbocycles. The Balaban J connectivity index is 1.79. The van der Waals surface area contributed by atoms with Crippen LogP contribution in [0, 0.1) is 0 Å². The molecular formula is C20H31N3O3. The van der Waals surface area contributed by atoms with E-state index in [1.807, 2.05) is 29.2 Å². The van der Waals surface area contributed by atoms with Gasteiger partial charge in [-0.2, -0.15) is 0 Å². The van der Waals surface area contributed by atoms with E-state index in [0.717, 1.165) is 12.8 Å². The van der Waals surface area contributed by atoms with Crippen molar-refractivity contribution in [1.82, 2.24) is 15.1 Å². The van der Waals surface area contributed by atoms with Crippen LogP contribution in [0.25, 0.3) is 0 Å². The minimum absolute atomic E-state index is 0.0244. The number of ether oxygens (including phenoxy) is 1. The van der Waals surface area contributed by atoms with E-state index < -0.39 is 6.10 Å². The Hall–Kier alpha value is -2.24. The third kappa shape index (κ3) is 5.38. The summed E-state index contributed by atoms with van der Waals surface area (Å²) >= 11 is 0. The Labute approximate surface area is 156 Å². The van der Waals surface area contributed by atoms with Gasteiger partial charge < -0.3 is 19.9 Å². The van der Waals surface area contributed by atoms with Crippen LogP contribution >= 0.6 is 0 Å². The summed E-state index contributed by atoms with van der Waals surface area (Å²) in [6.07, 6.45) is 0.976. The van der Waals surface area contributed by atoms with Crippen LogP contribution in [0.1, 0.15) is 45.1 Å². The maximum absolute atomic E-state index is 12.4. The van der Waals surface area contributed by atoms with Crippen molar-refractivity contribution in [2.24, 2.45) is 0 Å². The molecule has 1 aromatic carbocycles. The molecule has 144 valence electrons. The molecule has 1 N–H and O–H groups in total. The van der Waals surface area contributed by atoms with E-state index in [1.165, 1.54) is 5.56 Å². The van der Waals surface area contributed by atoms with Gasteiger partial charge in [-0.3, -0.25) is 4.79 Å². The molecule has 0 spiro atoms. The van der Waals surface area contributed by atoms with Gasteiger partial charge in [0.1, 0.15) is 5.75 Å². The van der Waals surface area contributed by atoms with Crippen LogP contribution in [0.15, 0.2) is 24.3 Å². The van der Waals surface area contributed by atoms with E-state index in [-0.39, 0.29) is 18.0 Å². The first kappa shape index (κ1) is 20.1. The molecule has 1 heterocycles. The molecule has 1 saturated heterocycles. The number of carbonyl (C=O) groups excluding carboxylic acids is 2. The Kier molecular flexibility index (Phi) is 6.89. The number of nitrogens with zero attached hydrogens (tertiary/aromatic N) is 2. The van der Waals surface area contributed by atoms with Crippen molar-refractivity contribution >= 4 is 11.9 Å². The Morgan fingerprint density at radius 1 is 1.12 bits per heavy atom. The van der Waals surface area contributed by atoms with Crippen LogP contribution in [0.2, 0.25) is 0 Å². The zero-order valence-electron chi connectivity index (χ0n) is 16.5. The van der Waals surface area contributed by atoms with E-state index >= 15 is 0 Å². The molecule has 6 heteroatoms. The number of hydrogen-bond acceptors (Lipinski definition) is 3. The minimum atomic E-state index is -0.554. The Bertz CT molecular complexity index is 605. The number of rotatable bonds is 5. The quantitative estimate of drug-likeness (QED) is 0.877. The van der Waals surface area contributed by atoms with Gasteiger partial charge >= 0.3 is 6.03 Å². The summed E-state index contributed by atoms with van der Waals surface area (Å²) in [5.74, 6) is 1.05. The molecule has 6 nitrogen and oxygen atoms in total. The number of piperidine rings is 1. The molecule has 1 aliphatic heterocycles. The first-order chi connectivity index (χ1) is 12.3. The van der Waals surface area contributed by atoms with Crippen LogP contribution in [0.3, 0.4) is 0 Å². The number of amides is 3. The van der Waals surface area contributed by atoms with Gasteiger partial charge in [0.05, 0.1) is 0 Å². The lowest BCUT2D eigenvalue weighted by Gasteiger charge is -2.34. The maximum Gasteiger partial charge on any atom is 0.319 e. The summed E-state index contributed by atoms with van der Waals surface area (Å²) in [5, 5.41) is 3.04. The normalized spacial score (nSPS) is 16.3. The molecular weight excluding hydrogens is 330 g/mol. The summed E-state index contributed by atoms with van der Waals surface area (Å²) in [5.41, 5.74) is 1.24. The third-order valence-electron chi connectivity index (χ3n) is 4.72. The second-order valence-electron chi connectivity index (χ2n) is 7.43. The second-order valence-corrected chi connectivity index (χ2v) is 7.43. The van der Waals surface area contributed by atoms with E-state index in [9.17, 15) is 9.59 Å². The summed E-state index contributed by atoms with van der Waals surface area (Å²) in [6, 6.07) is 7.98. The van der Waals surface area contributed by atoms with E-state index in [1.54, 1.807) is 25.9 Å². The predicted molar refractivity (Wildman–Crippen MR) is 102 cm³/mol. The number of urea groups is 1. The number of likely N-dealkylation sites (tertiary alicyclic amines) is 1. The largest absolute Gasteiger partial charge is 0.481 e. The molecule has 3 amide bonds. The minimum Gasteiger partial charge on any atom is -0.481 e. The summed E-state index contributed by atoms with van der Waals surface area (Å²) in [6.45, 7) is 7.37. The maximum atomic E-state index is 12.4. The molecule has 0 radical (unpaired) electrons. The van der Waals surface area contributed by atoms with Crippen LogP contribution in [-0.2, 0) is 4.79 Å². The smallest absolute Gasteiger partial charge is 0.319 e. The third-order valence-corrected chi connectivity index (χ3v) is 4.72. The van der Waals surface area contributed by atoms with Gasteiger partial charge in [0, 0.05) is 33.2 Å². The average molecular weight is 361 g/mol. The molecule has 0 aliphatic carbocycles. The van der Waals surface area contributed by atoms with Crippen molar-refractivity contribution in [1.29, 1.82) is 0 Å². The topological polar surface area (TPSA) is 61.9 Å². The van der Waals surface area contributed by atoms with E-state index in [0.29, 0.717) is 24.8 Å². The fourth-order valence-corrected chi connectivity index (χ4v) is 3.01. The van der Waals surface area contributed by atoms with Gasteiger partial charge in [-0.25, -0.2) is 4.79 Å². The lowest BCUT2D eigenvalue weighted by Crippen LogP contribution is -2.50. The highest BCUT2D eigenvalue weighted by Crippen LogP contribution is 2.19. The molecule has 1 unspecified atom stereocenters. The highest BCUT2D eigenvalue weighted by molar-refractivity contribution is 5.81. The number of nitrogens with one attached hydrogen (secondary N) is 1. The van der Waals surface area contributed by atoms with Gasteiger partial charge in [-0.15, -0.1) is 0 Å². The standard InChI is InChI=1S/C20H31N3O3/c1-14(2)16-6-8-18(9-7-16)26-15(3)19(24)21-17-10-12-23(13-11-17)20(25)22(4)5/h6-9,14-15,17H,10-13H2,1-5H3,(H,21,24). The lowest BCUT2D eigenvalue weighted by atomic mass is 10.0. The summed E-state index contributed by atoms with van der Waals surface area (Å²) < 4.78 is 5.76. The highest BCUT2D eigenvalue weighted by atomic mass is 16.5. The molecule has 2 rings (SSSR count). The summed E-state index contributed by atoms with van der Waals surface area (Å²) in [4.78, 5) is 27.7. The van der Waals surface area contributed by atoms with Crippen molar-refractivity contribution in [3.05, 3.63) is 29.8 Å². The zero-order valence-corrected chi connectivity index (χ0v) is 16.5. The van der Waals surface area contributed by atoms with Crippen molar-refractivity contribution in [3.63, 3.8) is 0 Å². The highest BCUT2D eigenvalue weighted by Gasteiger charge is 2.26. The molecule has 1 fully saturated rings. The average Bonchev–Trinajstić information content (AvgIpc) is 2.62. The fraction of sp³-hybridized carbons (Fsp3) is 0.600. The molecule has 26 heavy (non-hydrogen) atoms. The van der Waals surface area contributed by atoms with Gasteiger partial charge in [0.25, 0.3) is 5.91 Å². The van der Waals surface area contributed by atoms with Crippen molar-refractivity contribution in [2.75, 3.05) is 27.2 Å². The lowest BCUT2D eigenvalue weighted by molar-refractivity contribution is -0.128. The fourth-order valence-electron chi connectivity index (χ4n) is 3.01. The van der Waals surface area contributed by atoms with Crippen molar-refractivity contribution < 1.29 is 14.3 Å². The van der Waals surface area contributed by atoms with Gasteiger partial charge in [0.15, 0.2) is 6.10 Å². The van der Waals surface area contributed by atoms with E-state index in [2.05, 4.69) is 19.2 Å². The summed E-state index contributed by atoms with van der Waals surface area (Å²) in [7, 11) is 3.51. The van der Waals surface area contributed by atoms with E-state index in [4.69, 9.17) is 4.74 Å². The molecule has 1 atom stereocenters. The van der Waals surface area contributed by atoms with Crippen molar-refractivity contribution in [3.8, 4) is 5.75 Å². The van der Waals surface area contributed by atoms with Gasteiger partial charge in [-0.05, 0) is 43.4 Å². The number of hydrogen-bond donors (Lipinski definition) is 1. The van der Waals surface area contributed by atoms with Crippen LogP contribution in [0.5, 0.6) is 5.75 Å². The molecule has 0 bridgehead atoms. The number of benzene rings is 1. The Morgan fingerprint density at radius 2 is 1.69 bits per heavy atom. The van der Waals surface area contributed by atoms with Crippen LogP contribution in [-0.4, -0.2) is 61.1 Å². The van der Waals surface area contributed by atoms with Gasteiger partial charge in [-0.1, -0.05) is 26.0 Å². The molecule has 1 aliphatic rings. The second kappa shape index (κ2) is 8.92. The predicted octanol–water partition coefficient (Wildman–Crippen LogP) is 2.84. The Morgan fingerprint density at radius 3 is 2.19 bits per heavy atom. The van der Waals surface area contributed by atoms with Crippen molar-refractivity contribution in [2.45, 2.75) is 51.7 Å². The monoisotopic (exact) mass is 361 g/mol. The molecule has 1 aromatic rings.